The third kappa shape index (κ3) is 4.50. The normalized spacial score (nSPS) is 25.1. The summed E-state index contributed by atoms with van der Waals surface area (Å²) in [5.41, 5.74) is 2.50. The lowest BCUT2D eigenvalue weighted by molar-refractivity contribution is 0.124. The van der Waals surface area contributed by atoms with Crippen LogP contribution in [-0.2, 0) is 22.7 Å². The highest BCUT2D eigenvalue weighted by molar-refractivity contribution is 8.07. The van der Waals surface area contributed by atoms with Gasteiger partial charge in [-0.1, -0.05) is 24.3 Å². The Labute approximate surface area is 117 Å². The number of hydrogen-bond donors (Lipinski definition) is 0. The average molecular weight is 282 g/mol. The molecule has 2 saturated heterocycles. The molecule has 0 spiro atoms. The molecular weight excluding hydrogens is 264 g/mol. The summed E-state index contributed by atoms with van der Waals surface area (Å²) >= 11 is 3.96. The van der Waals surface area contributed by atoms with Gasteiger partial charge < -0.3 is 9.47 Å². The molecule has 1 aromatic rings. The summed E-state index contributed by atoms with van der Waals surface area (Å²) in [4.78, 5) is 0. The predicted molar refractivity (Wildman–Crippen MR) is 78.2 cm³/mol. The molecule has 2 unspecified atom stereocenters. The smallest absolute Gasteiger partial charge is 0.0717 e. The first-order valence-electron chi connectivity index (χ1n) is 6.36. The van der Waals surface area contributed by atoms with Gasteiger partial charge in [-0.05, 0) is 11.1 Å². The highest BCUT2D eigenvalue weighted by atomic mass is 32.2. The van der Waals surface area contributed by atoms with Gasteiger partial charge in [0.2, 0.25) is 0 Å². The van der Waals surface area contributed by atoms with Crippen LogP contribution in [0.25, 0.3) is 0 Å². The van der Waals surface area contributed by atoms with E-state index >= 15 is 0 Å². The van der Waals surface area contributed by atoms with Gasteiger partial charge in [-0.3, -0.25) is 0 Å². The van der Waals surface area contributed by atoms with E-state index in [1.165, 1.54) is 22.6 Å². The van der Waals surface area contributed by atoms with E-state index in [9.17, 15) is 0 Å². The Morgan fingerprint density at radius 1 is 0.944 bits per heavy atom. The Balaban J connectivity index is 1.41. The largest absolute Gasteiger partial charge is 0.376 e. The minimum absolute atomic E-state index is 0.726. The standard InChI is InChI=1S/C14H18O2S2/c1-2-11(5-15-7-13-9-17-13)4-12(3-1)6-16-8-14-10-18-14/h1-4,13-14H,5-10H2. The molecule has 0 radical (unpaired) electrons. The maximum Gasteiger partial charge on any atom is 0.0717 e. The maximum atomic E-state index is 5.69. The lowest BCUT2D eigenvalue weighted by atomic mass is 10.1. The topological polar surface area (TPSA) is 18.5 Å². The predicted octanol–water partition coefficient (Wildman–Crippen LogP) is 2.95. The van der Waals surface area contributed by atoms with Gasteiger partial charge in [0.1, 0.15) is 0 Å². The van der Waals surface area contributed by atoms with Crippen molar-refractivity contribution in [1.82, 2.24) is 0 Å². The monoisotopic (exact) mass is 282 g/mol. The average Bonchev–Trinajstić information content (AvgIpc) is 3.25. The van der Waals surface area contributed by atoms with Gasteiger partial charge >= 0.3 is 0 Å². The van der Waals surface area contributed by atoms with Crippen molar-refractivity contribution in [3.63, 3.8) is 0 Å². The zero-order chi connectivity index (χ0) is 12.2. The number of thioether (sulfide) groups is 2. The zero-order valence-electron chi connectivity index (χ0n) is 10.3. The van der Waals surface area contributed by atoms with Crippen LogP contribution in [0.5, 0.6) is 0 Å². The van der Waals surface area contributed by atoms with E-state index in [0.29, 0.717) is 0 Å². The number of ether oxygens (including phenoxy) is 2. The van der Waals surface area contributed by atoms with Crippen molar-refractivity contribution in [2.75, 3.05) is 24.7 Å². The summed E-state index contributed by atoms with van der Waals surface area (Å²) in [6.45, 7) is 3.24. The van der Waals surface area contributed by atoms with E-state index in [4.69, 9.17) is 9.47 Å². The van der Waals surface area contributed by atoms with E-state index in [1.807, 2.05) is 23.5 Å². The second kappa shape index (κ2) is 6.33. The lowest BCUT2D eigenvalue weighted by Gasteiger charge is -2.06. The second-order valence-corrected chi connectivity index (χ2v) is 7.43. The van der Waals surface area contributed by atoms with Crippen LogP contribution in [0.4, 0.5) is 0 Å². The van der Waals surface area contributed by atoms with E-state index in [2.05, 4.69) is 24.3 Å². The first-order chi connectivity index (χ1) is 8.90. The lowest BCUT2D eigenvalue weighted by Crippen LogP contribution is -2.02. The molecule has 18 heavy (non-hydrogen) atoms. The molecule has 0 aromatic heterocycles. The van der Waals surface area contributed by atoms with Crippen LogP contribution in [0.3, 0.4) is 0 Å². The highest BCUT2D eigenvalue weighted by Gasteiger charge is 2.22. The van der Waals surface area contributed by atoms with Crippen LogP contribution in [0.2, 0.25) is 0 Å². The molecule has 0 bridgehead atoms. The Morgan fingerprint density at radius 3 is 1.89 bits per heavy atom. The molecule has 0 N–H and O–H groups in total. The van der Waals surface area contributed by atoms with Gasteiger partial charge in [0.05, 0.1) is 26.4 Å². The fourth-order valence-corrected chi connectivity index (χ4v) is 2.60. The van der Waals surface area contributed by atoms with Crippen molar-refractivity contribution in [2.24, 2.45) is 0 Å². The molecular formula is C14H18O2S2. The molecule has 2 aliphatic rings. The maximum absolute atomic E-state index is 5.69. The van der Waals surface area contributed by atoms with Crippen molar-refractivity contribution >= 4 is 23.5 Å². The van der Waals surface area contributed by atoms with Crippen molar-refractivity contribution in [1.29, 1.82) is 0 Å². The highest BCUT2D eigenvalue weighted by Crippen LogP contribution is 2.30. The summed E-state index contributed by atoms with van der Waals surface area (Å²) in [5, 5.41) is 1.51. The molecule has 2 heterocycles. The van der Waals surface area contributed by atoms with Gasteiger partial charge in [0.25, 0.3) is 0 Å². The molecule has 0 saturated carbocycles. The molecule has 0 aliphatic carbocycles. The number of rotatable bonds is 8. The SMILES string of the molecule is c1cc(COCC2CS2)cc(COCC2CS2)c1. The van der Waals surface area contributed by atoms with Crippen LogP contribution < -0.4 is 0 Å². The Hall–Kier alpha value is -0.160. The molecule has 2 atom stereocenters. The molecule has 98 valence electrons. The van der Waals surface area contributed by atoms with Crippen molar-refractivity contribution in [2.45, 2.75) is 23.7 Å². The zero-order valence-corrected chi connectivity index (χ0v) is 12.0. The van der Waals surface area contributed by atoms with Gasteiger partial charge in [0.15, 0.2) is 0 Å². The Kier molecular flexibility index (Phi) is 4.52. The quantitative estimate of drug-likeness (QED) is 0.682. The summed E-state index contributed by atoms with van der Waals surface area (Å²) < 4.78 is 11.4. The molecule has 0 amide bonds. The molecule has 2 fully saturated rings. The van der Waals surface area contributed by atoms with Crippen LogP contribution >= 0.6 is 23.5 Å². The molecule has 3 rings (SSSR count). The fraction of sp³-hybridized carbons (Fsp3) is 0.571. The first kappa shape index (κ1) is 12.9. The first-order valence-corrected chi connectivity index (χ1v) is 8.46. The van der Waals surface area contributed by atoms with Gasteiger partial charge in [-0.15, -0.1) is 0 Å². The van der Waals surface area contributed by atoms with E-state index in [1.54, 1.807) is 0 Å². The van der Waals surface area contributed by atoms with E-state index < -0.39 is 0 Å². The third-order valence-electron chi connectivity index (χ3n) is 2.94. The van der Waals surface area contributed by atoms with Crippen molar-refractivity contribution in [3.05, 3.63) is 35.4 Å². The second-order valence-electron chi connectivity index (χ2n) is 4.76. The molecule has 1 aromatic carbocycles. The molecule has 2 nitrogen and oxygen atoms in total. The minimum Gasteiger partial charge on any atom is -0.376 e. The summed E-state index contributed by atoms with van der Waals surface area (Å²) in [7, 11) is 0. The third-order valence-corrected chi connectivity index (χ3v) is 4.82. The number of hydrogen-bond acceptors (Lipinski definition) is 4. The van der Waals surface area contributed by atoms with E-state index in [0.717, 1.165) is 36.9 Å². The Bertz CT molecular complexity index is 356. The van der Waals surface area contributed by atoms with Crippen LogP contribution in [-0.4, -0.2) is 35.2 Å². The summed E-state index contributed by atoms with van der Waals surface area (Å²) in [6.07, 6.45) is 0. The fourth-order valence-electron chi connectivity index (χ4n) is 1.75. The summed E-state index contributed by atoms with van der Waals surface area (Å²) in [6, 6.07) is 8.54. The van der Waals surface area contributed by atoms with Crippen LogP contribution in [0.15, 0.2) is 24.3 Å². The van der Waals surface area contributed by atoms with Gasteiger partial charge in [-0.25, -0.2) is 0 Å². The van der Waals surface area contributed by atoms with Gasteiger partial charge in [0, 0.05) is 22.0 Å². The van der Waals surface area contributed by atoms with E-state index in [-0.39, 0.29) is 0 Å². The minimum atomic E-state index is 0.726. The number of benzene rings is 1. The Morgan fingerprint density at radius 2 is 1.44 bits per heavy atom. The van der Waals surface area contributed by atoms with Crippen LogP contribution in [0, 0.1) is 0 Å². The van der Waals surface area contributed by atoms with Gasteiger partial charge in [-0.2, -0.15) is 23.5 Å². The van der Waals surface area contributed by atoms with Crippen molar-refractivity contribution < 1.29 is 9.47 Å². The molecule has 2 aliphatic heterocycles. The summed E-state index contributed by atoms with van der Waals surface area (Å²) in [5.74, 6) is 2.54. The van der Waals surface area contributed by atoms with Crippen LogP contribution in [0.1, 0.15) is 11.1 Å². The molecule has 4 heteroatoms. The van der Waals surface area contributed by atoms with Crippen molar-refractivity contribution in [3.8, 4) is 0 Å².